The molecular weight excluding hydrogens is 328 g/mol. The highest BCUT2D eigenvalue weighted by Gasteiger charge is 2.61. The van der Waals surface area contributed by atoms with Crippen molar-refractivity contribution in [1.29, 1.82) is 0 Å². The molecule has 1 aromatic rings. The van der Waals surface area contributed by atoms with Crippen molar-refractivity contribution in [3.8, 4) is 11.5 Å². The van der Waals surface area contributed by atoms with Gasteiger partial charge in [0.2, 0.25) is 6.79 Å². The quantitative estimate of drug-likeness (QED) is 0.542. The molecule has 1 aromatic carbocycles. The van der Waals surface area contributed by atoms with Crippen LogP contribution in [-0.2, 0) is 9.53 Å². The van der Waals surface area contributed by atoms with E-state index in [0.717, 1.165) is 11.3 Å². The van der Waals surface area contributed by atoms with Gasteiger partial charge in [0.15, 0.2) is 11.5 Å². The zero-order chi connectivity index (χ0) is 19.3. The van der Waals surface area contributed by atoms with Crippen molar-refractivity contribution in [2.24, 2.45) is 22.7 Å². The highest BCUT2D eigenvalue weighted by molar-refractivity contribution is 5.78. The number of hydrogen-bond acceptors (Lipinski definition) is 4. The SMILES string of the molecule is CC(C)=CC1C(C(=O)OC(c2ccc3c(c2)OCO3)C(C)(C)C)C1(C)C. The minimum atomic E-state index is -0.340. The van der Waals surface area contributed by atoms with Crippen molar-refractivity contribution >= 4 is 5.97 Å². The summed E-state index contributed by atoms with van der Waals surface area (Å²) in [7, 11) is 0. The molecule has 142 valence electrons. The van der Waals surface area contributed by atoms with E-state index in [-0.39, 0.29) is 41.5 Å². The van der Waals surface area contributed by atoms with Gasteiger partial charge in [0.1, 0.15) is 6.10 Å². The van der Waals surface area contributed by atoms with Crippen molar-refractivity contribution in [3.63, 3.8) is 0 Å². The number of esters is 1. The monoisotopic (exact) mass is 358 g/mol. The van der Waals surface area contributed by atoms with E-state index in [9.17, 15) is 4.79 Å². The van der Waals surface area contributed by atoms with Crippen LogP contribution in [0.1, 0.15) is 60.1 Å². The molecule has 0 aromatic heterocycles. The van der Waals surface area contributed by atoms with E-state index in [0.29, 0.717) is 5.75 Å². The summed E-state index contributed by atoms with van der Waals surface area (Å²) < 4.78 is 16.9. The maximum atomic E-state index is 13.0. The molecule has 4 nitrogen and oxygen atoms in total. The number of carbonyl (C=O) groups excluding carboxylic acids is 1. The fourth-order valence-electron chi connectivity index (χ4n) is 3.81. The van der Waals surface area contributed by atoms with Gasteiger partial charge in [-0.25, -0.2) is 0 Å². The van der Waals surface area contributed by atoms with Gasteiger partial charge in [-0.2, -0.15) is 0 Å². The maximum Gasteiger partial charge on any atom is 0.310 e. The molecule has 0 bridgehead atoms. The van der Waals surface area contributed by atoms with Gasteiger partial charge in [-0.3, -0.25) is 4.79 Å². The lowest BCUT2D eigenvalue weighted by Gasteiger charge is -2.31. The van der Waals surface area contributed by atoms with Crippen LogP contribution in [0.3, 0.4) is 0 Å². The molecule has 1 aliphatic heterocycles. The number of rotatable bonds is 4. The molecule has 1 aliphatic carbocycles. The topological polar surface area (TPSA) is 44.8 Å². The Morgan fingerprint density at radius 2 is 1.88 bits per heavy atom. The lowest BCUT2D eigenvalue weighted by Crippen LogP contribution is -2.25. The molecule has 0 spiro atoms. The summed E-state index contributed by atoms with van der Waals surface area (Å²) >= 11 is 0. The van der Waals surface area contributed by atoms with E-state index < -0.39 is 0 Å². The maximum absolute atomic E-state index is 13.0. The zero-order valence-corrected chi connectivity index (χ0v) is 16.9. The molecule has 0 amide bonds. The molecule has 0 saturated heterocycles. The van der Waals surface area contributed by atoms with E-state index >= 15 is 0 Å². The van der Waals surface area contributed by atoms with Gasteiger partial charge in [-0.05, 0) is 42.9 Å². The second-order valence-corrected chi connectivity index (χ2v) is 9.36. The van der Waals surface area contributed by atoms with Crippen molar-refractivity contribution in [1.82, 2.24) is 0 Å². The molecule has 1 heterocycles. The Morgan fingerprint density at radius 1 is 1.23 bits per heavy atom. The summed E-state index contributed by atoms with van der Waals surface area (Å²) in [6.45, 7) is 14.9. The Bertz CT molecular complexity index is 735. The molecule has 2 aliphatic rings. The predicted molar refractivity (Wildman–Crippen MR) is 101 cm³/mol. The molecule has 3 rings (SSSR count). The first kappa shape index (κ1) is 18.8. The van der Waals surface area contributed by atoms with Gasteiger partial charge in [0.05, 0.1) is 5.92 Å². The highest BCUT2D eigenvalue weighted by atomic mass is 16.7. The molecule has 3 unspecified atom stereocenters. The third-order valence-corrected chi connectivity index (χ3v) is 5.40. The molecule has 1 fully saturated rings. The summed E-state index contributed by atoms with van der Waals surface area (Å²) in [5, 5.41) is 0. The fraction of sp³-hybridized carbons (Fsp3) is 0.591. The smallest absolute Gasteiger partial charge is 0.310 e. The Labute approximate surface area is 156 Å². The second-order valence-electron chi connectivity index (χ2n) is 9.36. The zero-order valence-electron chi connectivity index (χ0n) is 16.9. The van der Waals surface area contributed by atoms with Gasteiger partial charge in [-0.1, -0.05) is 52.3 Å². The first-order valence-electron chi connectivity index (χ1n) is 9.27. The average Bonchev–Trinajstić information content (AvgIpc) is 2.86. The standard InChI is InChI=1S/C22H30O4/c1-13(2)10-15-18(22(15,6)7)20(23)26-19(21(3,4)5)14-8-9-16-17(11-14)25-12-24-16/h8-11,15,18-19H,12H2,1-7H3. The number of fused-ring (bicyclic) bond motifs is 1. The third-order valence-electron chi connectivity index (χ3n) is 5.40. The highest BCUT2D eigenvalue weighted by Crippen LogP contribution is 2.60. The van der Waals surface area contributed by atoms with Gasteiger partial charge >= 0.3 is 5.97 Å². The normalized spacial score (nSPS) is 24.0. The summed E-state index contributed by atoms with van der Waals surface area (Å²) in [5.74, 6) is 1.49. The average molecular weight is 358 g/mol. The van der Waals surface area contributed by atoms with Crippen molar-refractivity contribution in [3.05, 3.63) is 35.4 Å². The van der Waals surface area contributed by atoms with Crippen LogP contribution in [0.25, 0.3) is 0 Å². The van der Waals surface area contributed by atoms with Crippen molar-refractivity contribution in [2.75, 3.05) is 6.79 Å². The van der Waals surface area contributed by atoms with Gasteiger partial charge < -0.3 is 14.2 Å². The van der Waals surface area contributed by atoms with Crippen LogP contribution < -0.4 is 9.47 Å². The minimum Gasteiger partial charge on any atom is -0.457 e. The Kier molecular flexibility index (Phi) is 4.58. The summed E-state index contributed by atoms with van der Waals surface area (Å²) in [6, 6.07) is 5.77. The van der Waals surface area contributed by atoms with Crippen LogP contribution in [0.4, 0.5) is 0 Å². The fourth-order valence-corrected chi connectivity index (χ4v) is 3.81. The Balaban J connectivity index is 1.82. The lowest BCUT2D eigenvalue weighted by atomic mass is 9.84. The van der Waals surface area contributed by atoms with Gasteiger partial charge in [0, 0.05) is 5.41 Å². The first-order chi connectivity index (χ1) is 12.0. The van der Waals surface area contributed by atoms with Crippen LogP contribution in [-0.4, -0.2) is 12.8 Å². The van der Waals surface area contributed by atoms with E-state index in [1.165, 1.54) is 5.57 Å². The summed E-state index contributed by atoms with van der Waals surface area (Å²) in [6.07, 6.45) is 1.85. The van der Waals surface area contributed by atoms with E-state index in [4.69, 9.17) is 14.2 Å². The third kappa shape index (κ3) is 3.46. The van der Waals surface area contributed by atoms with Crippen LogP contribution in [0.15, 0.2) is 29.8 Å². The molecular formula is C22H30O4. The van der Waals surface area contributed by atoms with Crippen molar-refractivity contribution in [2.45, 2.75) is 54.6 Å². The number of benzene rings is 1. The lowest BCUT2D eigenvalue weighted by molar-refractivity contribution is -0.158. The summed E-state index contributed by atoms with van der Waals surface area (Å²) in [5.41, 5.74) is 1.90. The number of carbonyl (C=O) groups is 1. The number of hydrogen-bond donors (Lipinski definition) is 0. The molecule has 1 saturated carbocycles. The number of allylic oxidation sites excluding steroid dienone is 2. The van der Waals surface area contributed by atoms with E-state index in [1.807, 2.05) is 18.2 Å². The van der Waals surface area contributed by atoms with Crippen LogP contribution in [0.5, 0.6) is 11.5 Å². The second kappa shape index (κ2) is 6.33. The molecule has 3 atom stereocenters. The van der Waals surface area contributed by atoms with Gasteiger partial charge in [0.25, 0.3) is 0 Å². The Hall–Kier alpha value is -1.97. The molecule has 0 radical (unpaired) electrons. The molecule has 4 heteroatoms. The Morgan fingerprint density at radius 3 is 2.50 bits per heavy atom. The molecule has 0 N–H and O–H groups in total. The van der Waals surface area contributed by atoms with Crippen LogP contribution in [0, 0.1) is 22.7 Å². The predicted octanol–water partition coefficient (Wildman–Crippen LogP) is 5.28. The number of ether oxygens (including phenoxy) is 3. The molecule has 26 heavy (non-hydrogen) atoms. The minimum absolute atomic E-state index is 0.0499. The van der Waals surface area contributed by atoms with Crippen LogP contribution >= 0.6 is 0 Å². The van der Waals surface area contributed by atoms with E-state index in [2.05, 4.69) is 54.5 Å². The van der Waals surface area contributed by atoms with E-state index in [1.54, 1.807) is 0 Å². The van der Waals surface area contributed by atoms with Crippen LogP contribution in [0.2, 0.25) is 0 Å². The van der Waals surface area contributed by atoms with Crippen molar-refractivity contribution < 1.29 is 19.0 Å². The summed E-state index contributed by atoms with van der Waals surface area (Å²) in [4.78, 5) is 13.0. The van der Waals surface area contributed by atoms with Gasteiger partial charge in [-0.15, -0.1) is 0 Å². The largest absolute Gasteiger partial charge is 0.457 e. The first-order valence-corrected chi connectivity index (χ1v) is 9.27.